The zero-order valence-electron chi connectivity index (χ0n) is 20.4. The molecule has 1 heterocycles. The maximum Gasteiger partial charge on any atom is 0.305 e. The Balaban J connectivity index is 1.65. The number of nitrogens with zero attached hydrogens (tertiary/aromatic N) is 3. The van der Waals surface area contributed by atoms with Crippen molar-refractivity contribution in [3.05, 3.63) is 75.6 Å². The molecule has 2 aromatic carbocycles. The zero-order chi connectivity index (χ0) is 27.4. The number of rotatable bonds is 8. The number of carboxylic acid groups (broad SMARTS) is 1. The van der Waals surface area contributed by atoms with Gasteiger partial charge in [0.2, 0.25) is 5.91 Å². The summed E-state index contributed by atoms with van der Waals surface area (Å²) in [4.78, 5) is 65.1. The number of nitro benzene ring substituents is 1. The summed E-state index contributed by atoms with van der Waals surface area (Å²) < 4.78 is 13.4. The predicted octanol–water partition coefficient (Wildman–Crippen LogP) is 2.87. The molecule has 2 aromatic rings. The van der Waals surface area contributed by atoms with Crippen LogP contribution in [0.15, 0.2) is 48.5 Å². The highest BCUT2D eigenvalue weighted by Gasteiger charge is 2.45. The molecule has 2 atom stereocenters. The molecule has 3 amide bonds. The largest absolute Gasteiger partial charge is 0.481 e. The van der Waals surface area contributed by atoms with Crippen LogP contribution in [-0.4, -0.2) is 62.8 Å². The Kier molecular flexibility index (Phi) is 7.99. The molecule has 0 radical (unpaired) electrons. The lowest BCUT2D eigenvalue weighted by atomic mass is 10.0. The van der Waals surface area contributed by atoms with Crippen LogP contribution in [0.2, 0.25) is 0 Å². The van der Waals surface area contributed by atoms with Gasteiger partial charge < -0.3 is 20.2 Å². The molecule has 12 heteroatoms. The molecule has 2 unspecified atom stereocenters. The molecule has 4 rings (SSSR count). The summed E-state index contributed by atoms with van der Waals surface area (Å²) in [6, 6.07) is 8.89. The number of nitrogens with one attached hydrogen (secondary N) is 1. The van der Waals surface area contributed by atoms with E-state index in [2.05, 4.69) is 5.32 Å². The third kappa shape index (κ3) is 5.79. The second-order valence-electron chi connectivity index (χ2n) is 9.40. The summed E-state index contributed by atoms with van der Waals surface area (Å²) in [6.45, 7) is 0.147. The first kappa shape index (κ1) is 26.7. The summed E-state index contributed by atoms with van der Waals surface area (Å²) in [6.07, 6.45) is 1.16. The molecule has 0 aromatic heterocycles. The van der Waals surface area contributed by atoms with Crippen LogP contribution in [0.3, 0.4) is 0 Å². The minimum atomic E-state index is -1.37. The third-order valence-corrected chi connectivity index (χ3v) is 6.92. The normalized spacial score (nSPS) is 18.3. The van der Waals surface area contributed by atoms with Crippen molar-refractivity contribution in [1.29, 1.82) is 0 Å². The van der Waals surface area contributed by atoms with Gasteiger partial charge in [0.25, 0.3) is 17.5 Å². The molecule has 2 N–H and O–H groups in total. The van der Waals surface area contributed by atoms with E-state index >= 15 is 0 Å². The molecule has 200 valence electrons. The van der Waals surface area contributed by atoms with E-state index in [4.69, 9.17) is 0 Å². The Labute approximate surface area is 217 Å². The highest BCUT2D eigenvalue weighted by Crippen LogP contribution is 2.30. The lowest BCUT2D eigenvalue weighted by Crippen LogP contribution is -2.55. The fourth-order valence-corrected chi connectivity index (χ4v) is 5.05. The maximum atomic E-state index is 13.7. The van der Waals surface area contributed by atoms with Crippen molar-refractivity contribution in [3.63, 3.8) is 0 Å². The Morgan fingerprint density at radius 3 is 2.34 bits per heavy atom. The number of benzene rings is 2. The van der Waals surface area contributed by atoms with Gasteiger partial charge in [0.1, 0.15) is 5.82 Å². The van der Waals surface area contributed by atoms with Crippen molar-refractivity contribution in [2.45, 2.75) is 44.3 Å². The molecule has 11 nitrogen and oxygen atoms in total. The summed E-state index contributed by atoms with van der Waals surface area (Å²) >= 11 is 0. The van der Waals surface area contributed by atoms with E-state index < -0.39 is 47.2 Å². The third-order valence-electron chi connectivity index (χ3n) is 6.92. The Morgan fingerprint density at radius 2 is 1.71 bits per heavy atom. The van der Waals surface area contributed by atoms with E-state index in [1.807, 2.05) is 0 Å². The second-order valence-corrected chi connectivity index (χ2v) is 9.40. The van der Waals surface area contributed by atoms with Gasteiger partial charge in [0.15, 0.2) is 6.17 Å². The van der Waals surface area contributed by atoms with Crippen LogP contribution in [0.4, 0.5) is 10.1 Å². The number of carbonyl (C=O) groups excluding carboxylic acids is 3. The van der Waals surface area contributed by atoms with Gasteiger partial charge in [0.05, 0.1) is 17.4 Å². The monoisotopic (exact) mass is 526 g/mol. The molecule has 38 heavy (non-hydrogen) atoms. The molecule has 2 aliphatic rings. The first-order valence-electron chi connectivity index (χ1n) is 12.3. The number of amides is 3. The van der Waals surface area contributed by atoms with Crippen LogP contribution in [0, 0.1) is 21.8 Å². The minimum absolute atomic E-state index is 0.0488. The van der Waals surface area contributed by atoms with Crippen molar-refractivity contribution >= 4 is 29.4 Å². The van der Waals surface area contributed by atoms with E-state index in [1.165, 1.54) is 46.2 Å². The quantitative estimate of drug-likeness (QED) is 0.397. The van der Waals surface area contributed by atoms with Gasteiger partial charge >= 0.3 is 5.97 Å². The summed E-state index contributed by atoms with van der Waals surface area (Å²) in [7, 11) is 0. The van der Waals surface area contributed by atoms with Crippen molar-refractivity contribution in [2.24, 2.45) is 5.92 Å². The van der Waals surface area contributed by atoms with Crippen LogP contribution in [0.25, 0.3) is 0 Å². The average molecular weight is 527 g/mol. The van der Waals surface area contributed by atoms with Gasteiger partial charge in [-0.25, -0.2) is 4.39 Å². The second kappa shape index (κ2) is 11.4. The van der Waals surface area contributed by atoms with Crippen molar-refractivity contribution in [2.75, 3.05) is 13.1 Å². The molecule has 1 aliphatic heterocycles. The lowest BCUT2D eigenvalue weighted by molar-refractivity contribution is -0.384. The van der Waals surface area contributed by atoms with Crippen molar-refractivity contribution in [3.8, 4) is 0 Å². The van der Waals surface area contributed by atoms with Crippen LogP contribution < -0.4 is 5.32 Å². The molecule has 0 bridgehead atoms. The van der Waals surface area contributed by atoms with Gasteiger partial charge in [0, 0.05) is 36.7 Å². The predicted molar refractivity (Wildman–Crippen MR) is 131 cm³/mol. The molecule has 1 aliphatic carbocycles. The fraction of sp³-hybridized carbons (Fsp3) is 0.385. The van der Waals surface area contributed by atoms with Crippen LogP contribution in [0.1, 0.15) is 54.1 Å². The zero-order valence-corrected chi connectivity index (χ0v) is 20.4. The van der Waals surface area contributed by atoms with Crippen LogP contribution >= 0.6 is 0 Å². The number of nitro groups is 1. The highest BCUT2D eigenvalue weighted by molar-refractivity contribution is 5.99. The Morgan fingerprint density at radius 1 is 1.05 bits per heavy atom. The van der Waals surface area contributed by atoms with E-state index in [1.54, 1.807) is 0 Å². The first-order chi connectivity index (χ1) is 18.2. The minimum Gasteiger partial charge on any atom is -0.481 e. The number of carbonyl (C=O) groups is 4. The van der Waals surface area contributed by atoms with Gasteiger partial charge in [-0.1, -0.05) is 25.0 Å². The van der Waals surface area contributed by atoms with Gasteiger partial charge in [-0.2, -0.15) is 0 Å². The summed E-state index contributed by atoms with van der Waals surface area (Å²) in [5.74, 6) is -3.71. The Bertz CT molecular complexity index is 1250. The van der Waals surface area contributed by atoms with Crippen LogP contribution in [-0.2, 0) is 14.4 Å². The number of halogens is 1. The standard InChI is InChI=1S/C26H27FN4O7/c27-19-10-8-17(9-11-19)26(36)30-13-12-29(25(35)16-4-1-2-5-16)24(30)23(34)28-21(15-22(32)33)18-6-3-7-20(14-18)31(37)38/h3,6-11,14,16,21,24H,1-2,4-5,12-13,15H2,(H,28,34)(H,32,33). The Hall–Kier alpha value is -4.35. The molecule has 1 saturated heterocycles. The van der Waals surface area contributed by atoms with E-state index in [0.717, 1.165) is 25.0 Å². The van der Waals surface area contributed by atoms with Gasteiger partial charge in [-0.15, -0.1) is 0 Å². The molecule has 0 spiro atoms. The highest BCUT2D eigenvalue weighted by atomic mass is 19.1. The van der Waals surface area contributed by atoms with Gasteiger partial charge in [-0.3, -0.25) is 29.3 Å². The number of hydrogen-bond donors (Lipinski definition) is 2. The summed E-state index contributed by atoms with van der Waals surface area (Å²) in [5.41, 5.74) is 0.0392. The van der Waals surface area contributed by atoms with E-state index in [0.29, 0.717) is 12.8 Å². The first-order valence-corrected chi connectivity index (χ1v) is 12.3. The molecule has 1 saturated carbocycles. The molecule has 2 fully saturated rings. The number of hydrogen-bond acceptors (Lipinski definition) is 6. The van der Waals surface area contributed by atoms with Crippen LogP contribution in [0.5, 0.6) is 0 Å². The number of carboxylic acids is 1. The van der Waals surface area contributed by atoms with E-state index in [-0.39, 0.29) is 41.7 Å². The SMILES string of the molecule is O=C(O)CC(NC(=O)C1N(C(=O)c2ccc(F)cc2)CCN1C(=O)C1CCCC1)c1cccc([N+](=O)[O-])c1. The van der Waals surface area contributed by atoms with E-state index in [9.17, 15) is 38.8 Å². The molecular formula is C26H27FN4O7. The fourth-order valence-electron chi connectivity index (χ4n) is 5.05. The maximum absolute atomic E-state index is 13.7. The number of aliphatic carboxylic acids is 1. The lowest BCUT2D eigenvalue weighted by Gasteiger charge is -2.32. The van der Waals surface area contributed by atoms with Crippen molar-refractivity contribution in [1.82, 2.24) is 15.1 Å². The topological polar surface area (TPSA) is 150 Å². The molecular weight excluding hydrogens is 499 g/mol. The smallest absolute Gasteiger partial charge is 0.305 e. The van der Waals surface area contributed by atoms with Gasteiger partial charge in [-0.05, 0) is 42.7 Å². The van der Waals surface area contributed by atoms with Crippen molar-refractivity contribution < 1.29 is 33.6 Å². The number of non-ortho nitro benzene ring substituents is 1. The summed E-state index contributed by atoms with van der Waals surface area (Å²) in [5, 5.41) is 23.3. The average Bonchev–Trinajstić information content (AvgIpc) is 3.58.